The van der Waals surface area contributed by atoms with E-state index in [-0.39, 0.29) is 12.4 Å². The second-order valence-electron chi connectivity index (χ2n) is 4.75. The Hall–Kier alpha value is -2.07. The molecule has 0 fully saturated rings. The Morgan fingerprint density at radius 1 is 1.00 bits per heavy atom. The molecule has 0 saturated carbocycles. The Labute approximate surface area is 126 Å². The van der Waals surface area contributed by atoms with Crippen molar-refractivity contribution in [1.82, 2.24) is 0 Å². The second-order valence-corrected chi connectivity index (χ2v) is 4.75. The summed E-state index contributed by atoms with van der Waals surface area (Å²) < 4.78 is 0. The maximum atomic E-state index is 5.92. The monoisotopic (exact) mass is 292 g/mol. The van der Waals surface area contributed by atoms with Crippen molar-refractivity contribution in [2.24, 2.45) is 0 Å². The van der Waals surface area contributed by atoms with Gasteiger partial charge < -0.3 is 21.7 Å². The van der Waals surface area contributed by atoms with E-state index >= 15 is 0 Å². The largest absolute Gasteiger partial charge is 0.399 e. The SMILES string of the molecule is CN(C)c1ccc(NCc2cc(N)ccc2N)cc1.Cl. The van der Waals surface area contributed by atoms with Crippen LogP contribution in [0, 0.1) is 0 Å². The number of benzene rings is 2. The zero-order valence-corrected chi connectivity index (χ0v) is 12.6. The fourth-order valence-corrected chi connectivity index (χ4v) is 1.85. The third-order valence-corrected chi connectivity index (χ3v) is 3.03. The first-order valence-corrected chi connectivity index (χ1v) is 6.21. The van der Waals surface area contributed by atoms with Gasteiger partial charge in [0, 0.05) is 43.4 Å². The van der Waals surface area contributed by atoms with Gasteiger partial charge in [-0.3, -0.25) is 0 Å². The molecule has 0 amide bonds. The van der Waals surface area contributed by atoms with Gasteiger partial charge in [0.25, 0.3) is 0 Å². The van der Waals surface area contributed by atoms with Gasteiger partial charge in [0.15, 0.2) is 0 Å². The number of hydrogen-bond acceptors (Lipinski definition) is 4. The molecule has 2 aromatic rings. The lowest BCUT2D eigenvalue weighted by Crippen LogP contribution is -2.08. The van der Waals surface area contributed by atoms with Crippen LogP contribution in [-0.2, 0) is 6.54 Å². The van der Waals surface area contributed by atoms with E-state index in [1.54, 1.807) is 0 Å². The lowest BCUT2D eigenvalue weighted by atomic mass is 10.1. The summed E-state index contributed by atoms with van der Waals surface area (Å²) in [5.41, 5.74) is 16.4. The molecular weight excluding hydrogens is 272 g/mol. The lowest BCUT2D eigenvalue weighted by molar-refractivity contribution is 1.12. The van der Waals surface area contributed by atoms with Gasteiger partial charge in [-0.25, -0.2) is 0 Å². The second kappa shape index (κ2) is 6.91. The van der Waals surface area contributed by atoms with Gasteiger partial charge in [0.2, 0.25) is 0 Å². The highest BCUT2D eigenvalue weighted by atomic mass is 35.5. The fourth-order valence-electron chi connectivity index (χ4n) is 1.85. The van der Waals surface area contributed by atoms with Gasteiger partial charge in [0.05, 0.1) is 0 Å². The van der Waals surface area contributed by atoms with Crippen LogP contribution in [0.25, 0.3) is 0 Å². The molecule has 0 spiro atoms. The molecule has 0 heterocycles. The molecule has 0 bridgehead atoms. The van der Waals surface area contributed by atoms with Crippen LogP contribution < -0.4 is 21.7 Å². The Bertz CT molecular complexity index is 552. The van der Waals surface area contributed by atoms with Crippen molar-refractivity contribution in [1.29, 1.82) is 0 Å². The lowest BCUT2D eigenvalue weighted by Gasteiger charge is -2.14. The molecule has 2 aromatic carbocycles. The minimum Gasteiger partial charge on any atom is -0.399 e. The van der Waals surface area contributed by atoms with Crippen LogP contribution in [0.4, 0.5) is 22.7 Å². The third kappa shape index (κ3) is 3.96. The average Bonchev–Trinajstić information content (AvgIpc) is 2.40. The molecule has 0 radical (unpaired) electrons. The molecule has 2 rings (SSSR count). The first-order chi connectivity index (χ1) is 9.06. The first kappa shape index (κ1) is 16.0. The summed E-state index contributed by atoms with van der Waals surface area (Å²) in [4.78, 5) is 2.07. The van der Waals surface area contributed by atoms with Crippen molar-refractivity contribution in [2.45, 2.75) is 6.54 Å². The van der Waals surface area contributed by atoms with Crippen molar-refractivity contribution in [2.75, 3.05) is 35.8 Å². The molecule has 108 valence electrons. The standard InChI is InChI=1S/C15H20N4.ClH/c1-19(2)14-6-4-13(5-7-14)18-10-11-9-12(16)3-8-15(11)17;/h3-9,18H,10,16-17H2,1-2H3;1H. The van der Waals surface area contributed by atoms with Crippen LogP contribution in [0.5, 0.6) is 0 Å². The van der Waals surface area contributed by atoms with Gasteiger partial charge in [-0.1, -0.05) is 0 Å². The summed E-state index contributed by atoms with van der Waals surface area (Å²) in [5.74, 6) is 0. The zero-order chi connectivity index (χ0) is 13.8. The molecule has 5 heteroatoms. The Kier molecular flexibility index (Phi) is 5.53. The van der Waals surface area contributed by atoms with Gasteiger partial charge in [-0.2, -0.15) is 0 Å². The average molecular weight is 293 g/mol. The van der Waals surface area contributed by atoms with E-state index in [1.807, 2.05) is 32.3 Å². The number of nitrogens with zero attached hydrogens (tertiary/aromatic N) is 1. The van der Waals surface area contributed by atoms with Crippen LogP contribution in [0.3, 0.4) is 0 Å². The molecule has 20 heavy (non-hydrogen) atoms. The van der Waals surface area contributed by atoms with E-state index in [0.29, 0.717) is 6.54 Å². The molecule has 0 atom stereocenters. The molecule has 5 N–H and O–H groups in total. The number of rotatable bonds is 4. The predicted molar refractivity (Wildman–Crippen MR) is 90.6 cm³/mol. The summed E-state index contributed by atoms with van der Waals surface area (Å²) >= 11 is 0. The van der Waals surface area contributed by atoms with Crippen molar-refractivity contribution >= 4 is 35.2 Å². The predicted octanol–water partition coefficient (Wildman–Crippen LogP) is 2.95. The quantitative estimate of drug-likeness (QED) is 0.758. The van der Waals surface area contributed by atoms with Crippen LogP contribution in [-0.4, -0.2) is 14.1 Å². The van der Waals surface area contributed by atoms with E-state index in [2.05, 4.69) is 34.5 Å². The maximum Gasteiger partial charge on any atom is 0.0421 e. The van der Waals surface area contributed by atoms with Crippen LogP contribution in [0.1, 0.15) is 5.56 Å². The van der Waals surface area contributed by atoms with Crippen LogP contribution >= 0.6 is 12.4 Å². The summed E-state index contributed by atoms with van der Waals surface area (Å²) in [7, 11) is 4.05. The number of nitrogens with one attached hydrogen (secondary N) is 1. The molecule has 0 aliphatic carbocycles. The molecule has 0 unspecified atom stereocenters. The molecule has 0 saturated heterocycles. The smallest absolute Gasteiger partial charge is 0.0421 e. The summed E-state index contributed by atoms with van der Waals surface area (Å²) in [5, 5.41) is 3.34. The molecule has 0 aromatic heterocycles. The number of anilines is 4. The Morgan fingerprint density at radius 2 is 1.65 bits per heavy atom. The zero-order valence-electron chi connectivity index (χ0n) is 11.8. The van der Waals surface area contributed by atoms with Crippen LogP contribution in [0.2, 0.25) is 0 Å². The van der Waals surface area contributed by atoms with Crippen molar-refractivity contribution in [3.8, 4) is 0 Å². The number of halogens is 1. The van der Waals surface area contributed by atoms with E-state index < -0.39 is 0 Å². The highest BCUT2D eigenvalue weighted by Crippen LogP contribution is 2.19. The van der Waals surface area contributed by atoms with E-state index in [0.717, 1.165) is 22.6 Å². The van der Waals surface area contributed by atoms with E-state index in [9.17, 15) is 0 Å². The maximum absolute atomic E-state index is 5.92. The van der Waals surface area contributed by atoms with E-state index in [4.69, 9.17) is 11.5 Å². The van der Waals surface area contributed by atoms with Crippen LogP contribution in [0.15, 0.2) is 42.5 Å². The van der Waals surface area contributed by atoms with Gasteiger partial charge in [-0.05, 0) is 48.0 Å². The first-order valence-electron chi connectivity index (χ1n) is 6.21. The fraction of sp³-hybridized carbons (Fsp3) is 0.200. The van der Waals surface area contributed by atoms with Crippen molar-refractivity contribution in [3.63, 3.8) is 0 Å². The van der Waals surface area contributed by atoms with Crippen molar-refractivity contribution in [3.05, 3.63) is 48.0 Å². The Morgan fingerprint density at radius 3 is 2.25 bits per heavy atom. The van der Waals surface area contributed by atoms with E-state index in [1.165, 1.54) is 5.69 Å². The third-order valence-electron chi connectivity index (χ3n) is 3.03. The molecule has 0 aliphatic rings. The minimum absolute atomic E-state index is 0. The topological polar surface area (TPSA) is 67.3 Å². The number of hydrogen-bond donors (Lipinski definition) is 3. The van der Waals surface area contributed by atoms with Gasteiger partial charge in [0.1, 0.15) is 0 Å². The molecular formula is C15H21ClN4. The van der Waals surface area contributed by atoms with Crippen molar-refractivity contribution < 1.29 is 0 Å². The normalized spacial score (nSPS) is 9.70. The highest BCUT2D eigenvalue weighted by molar-refractivity contribution is 5.85. The number of nitrogen functional groups attached to an aromatic ring is 2. The summed E-state index contributed by atoms with van der Waals surface area (Å²) in [6, 6.07) is 13.8. The summed E-state index contributed by atoms with van der Waals surface area (Å²) in [6.07, 6.45) is 0. The van der Waals surface area contributed by atoms with Gasteiger partial charge in [-0.15, -0.1) is 12.4 Å². The molecule has 4 nitrogen and oxygen atoms in total. The molecule has 0 aliphatic heterocycles. The highest BCUT2D eigenvalue weighted by Gasteiger charge is 2.00. The Balaban J connectivity index is 0.00000200. The summed E-state index contributed by atoms with van der Waals surface area (Å²) in [6.45, 7) is 0.665. The van der Waals surface area contributed by atoms with Gasteiger partial charge >= 0.3 is 0 Å². The minimum atomic E-state index is 0. The number of nitrogens with two attached hydrogens (primary N) is 2.